The molecule has 2 aromatic heterocycles. The van der Waals surface area contributed by atoms with Crippen molar-refractivity contribution in [1.29, 1.82) is 0 Å². The van der Waals surface area contributed by atoms with Crippen molar-refractivity contribution in [3.8, 4) is 0 Å². The molecule has 1 amide bonds. The van der Waals surface area contributed by atoms with Crippen LogP contribution in [0, 0.1) is 6.92 Å². The maximum absolute atomic E-state index is 13.0. The molecule has 0 fully saturated rings. The molecule has 2 heterocycles. The van der Waals surface area contributed by atoms with Gasteiger partial charge in [-0.2, -0.15) is 0 Å². The highest BCUT2D eigenvalue weighted by Gasteiger charge is 2.21. The molecule has 1 aromatic carbocycles. The Balaban J connectivity index is 1.69. The smallest absolute Gasteiger partial charge is 0.263 e. The van der Waals surface area contributed by atoms with Crippen molar-refractivity contribution >= 4 is 33.1 Å². The largest absolute Gasteiger partial charge is 0.325 e. The third-order valence-electron chi connectivity index (χ3n) is 4.62. The molecule has 1 aliphatic carbocycles. The van der Waals surface area contributed by atoms with E-state index in [-0.39, 0.29) is 18.0 Å². The van der Waals surface area contributed by atoms with Gasteiger partial charge < -0.3 is 5.32 Å². The van der Waals surface area contributed by atoms with Crippen molar-refractivity contribution in [3.05, 3.63) is 57.0 Å². The zero-order valence-electron chi connectivity index (χ0n) is 14.0. The van der Waals surface area contributed by atoms with Gasteiger partial charge in [-0.05, 0) is 50.3 Å². The Kier molecular flexibility index (Phi) is 4.13. The van der Waals surface area contributed by atoms with Gasteiger partial charge in [-0.3, -0.25) is 14.2 Å². The molecule has 5 nitrogen and oxygen atoms in total. The molecule has 0 bridgehead atoms. The quantitative estimate of drug-likeness (QED) is 0.786. The van der Waals surface area contributed by atoms with Crippen molar-refractivity contribution in [3.63, 3.8) is 0 Å². The first kappa shape index (κ1) is 16.0. The first-order valence-corrected chi connectivity index (χ1v) is 9.31. The number of nitrogens with one attached hydrogen (secondary N) is 1. The molecule has 0 radical (unpaired) electrons. The summed E-state index contributed by atoms with van der Waals surface area (Å²) >= 11 is 1.63. The van der Waals surface area contributed by atoms with E-state index < -0.39 is 0 Å². The molecule has 25 heavy (non-hydrogen) atoms. The zero-order chi connectivity index (χ0) is 17.4. The highest BCUT2D eigenvalue weighted by atomic mass is 32.1. The van der Waals surface area contributed by atoms with E-state index in [9.17, 15) is 9.59 Å². The Morgan fingerprint density at radius 1 is 1.24 bits per heavy atom. The average molecular weight is 353 g/mol. The summed E-state index contributed by atoms with van der Waals surface area (Å²) in [6, 6.07) is 9.26. The third-order valence-corrected chi connectivity index (χ3v) is 5.81. The van der Waals surface area contributed by atoms with Crippen molar-refractivity contribution in [2.24, 2.45) is 0 Å². The van der Waals surface area contributed by atoms with Gasteiger partial charge in [0, 0.05) is 10.6 Å². The lowest BCUT2D eigenvalue weighted by molar-refractivity contribution is -0.116. The molecule has 0 unspecified atom stereocenters. The van der Waals surface area contributed by atoms with Gasteiger partial charge in [-0.1, -0.05) is 18.2 Å². The van der Waals surface area contributed by atoms with E-state index in [2.05, 4.69) is 10.3 Å². The summed E-state index contributed by atoms with van der Waals surface area (Å²) < 4.78 is 1.49. The number of hydrogen-bond acceptors (Lipinski definition) is 4. The number of carbonyl (C=O) groups excluding carboxylic acids is 1. The third kappa shape index (κ3) is 2.98. The van der Waals surface area contributed by atoms with Crippen molar-refractivity contribution < 1.29 is 4.79 Å². The van der Waals surface area contributed by atoms with Crippen molar-refractivity contribution in [1.82, 2.24) is 9.55 Å². The van der Waals surface area contributed by atoms with Crippen LogP contribution in [0.15, 0.2) is 35.1 Å². The molecule has 0 saturated heterocycles. The highest BCUT2D eigenvalue weighted by molar-refractivity contribution is 7.18. The minimum Gasteiger partial charge on any atom is -0.325 e. The molecule has 0 aliphatic heterocycles. The first-order chi connectivity index (χ1) is 12.1. The van der Waals surface area contributed by atoms with Gasteiger partial charge in [0.1, 0.15) is 17.2 Å². The van der Waals surface area contributed by atoms with Gasteiger partial charge in [0.25, 0.3) is 5.56 Å². The fraction of sp³-hybridized carbons (Fsp3) is 0.316. The number of para-hydroxylation sites is 1. The molecule has 3 aromatic rings. The maximum atomic E-state index is 13.0. The van der Waals surface area contributed by atoms with Crippen LogP contribution in [0.5, 0.6) is 0 Å². The molecule has 0 saturated carbocycles. The summed E-state index contributed by atoms with van der Waals surface area (Å²) in [7, 11) is 0. The van der Waals surface area contributed by atoms with Gasteiger partial charge in [-0.15, -0.1) is 11.3 Å². The summed E-state index contributed by atoms with van der Waals surface area (Å²) in [5.74, 6) is 0.362. The second kappa shape index (κ2) is 6.44. The van der Waals surface area contributed by atoms with Gasteiger partial charge in [0.2, 0.25) is 5.91 Å². The Hall–Kier alpha value is -2.47. The minimum atomic E-state index is -0.221. The van der Waals surface area contributed by atoms with E-state index >= 15 is 0 Å². The average Bonchev–Trinajstić information content (AvgIpc) is 2.97. The molecule has 1 aliphatic rings. The molecule has 4 rings (SSSR count). The predicted molar refractivity (Wildman–Crippen MR) is 100 cm³/mol. The Bertz CT molecular complexity index is 1000. The van der Waals surface area contributed by atoms with Gasteiger partial charge in [0.05, 0.1) is 5.39 Å². The number of amides is 1. The van der Waals surface area contributed by atoms with E-state index in [1.165, 1.54) is 15.9 Å². The van der Waals surface area contributed by atoms with E-state index in [1.807, 2.05) is 30.3 Å². The number of benzene rings is 1. The Morgan fingerprint density at radius 2 is 2.00 bits per heavy atom. The van der Waals surface area contributed by atoms with Crippen LogP contribution in [0.4, 0.5) is 5.69 Å². The van der Waals surface area contributed by atoms with Gasteiger partial charge >= 0.3 is 0 Å². The lowest BCUT2D eigenvalue weighted by Gasteiger charge is -2.12. The molecule has 6 heteroatoms. The Morgan fingerprint density at radius 3 is 2.80 bits per heavy atom. The molecule has 1 N–H and O–H groups in total. The molecular weight excluding hydrogens is 334 g/mol. The predicted octanol–water partition coefficient (Wildman–Crippen LogP) is 3.28. The van der Waals surface area contributed by atoms with Crippen LogP contribution < -0.4 is 10.9 Å². The summed E-state index contributed by atoms with van der Waals surface area (Å²) in [6.07, 6.45) is 4.25. The van der Waals surface area contributed by atoms with Crippen LogP contribution >= 0.6 is 11.3 Å². The lowest BCUT2D eigenvalue weighted by Crippen LogP contribution is -2.30. The molecular formula is C19H19N3O2S. The number of nitrogens with zero attached hydrogens (tertiary/aromatic N) is 2. The van der Waals surface area contributed by atoms with Crippen LogP contribution in [0.3, 0.4) is 0 Å². The van der Waals surface area contributed by atoms with Crippen LogP contribution in [-0.4, -0.2) is 15.5 Å². The number of fused-ring (bicyclic) bond motifs is 3. The van der Waals surface area contributed by atoms with Gasteiger partial charge in [0.15, 0.2) is 0 Å². The van der Waals surface area contributed by atoms with E-state index in [0.717, 1.165) is 40.7 Å². The number of carbonyl (C=O) groups is 1. The lowest BCUT2D eigenvalue weighted by atomic mass is 9.97. The van der Waals surface area contributed by atoms with Crippen LogP contribution in [0.25, 0.3) is 10.2 Å². The SMILES string of the molecule is Cc1nc2sc3c(c2c(=O)n1CC(=O)Nc1ccccc1)CCCC3. The number of rotatable bonds is 3. The Labute approximate surface area is 149 Å². The maximum Gasteiger partial charge on any atom is 0.263 e. The zero-order valence-corrected chi connectivity index (χ0v) is 14.9. The summed E-state index contributed by atoms with van der Waals surface area (Å²) in [6.45, 7) is 1.77. The fourth-order valence-corrected chi connectivity index (χ4v) is 4.69. The number of anilines is 1. The number of aryl methyl sites for hydroxylation is 3. The normalized spacial score (nSPS) is 13.6. The summed E-state index contributed by atoms with van der Waals surface area (Å²) in [5.41, 5.74) is 1.78. The van der Waals surface area contributed by atoms with E-state index in [4.69, 9.17) is 0 Å². The number of aromatic nitrogens is 2. The van der Waals surface area contributed by atoms with Crippen LogP contribution in [-0.2, 0) is 24.2 Å². The number of thiophene rings is 1. The van der Waals surface area contributed by atoms with Crippen molar-refractivity contribution in [2.45, 2.75) is 39.2 Å². The van der Waals surface area contributed by atoms with E-state index in [1.54, 1.807) is 18.3 Å². The summed E-state index contributed by atoms with van der Waals surface area (Å²) in [4.78, 5) is 32.1. The molecule has 128 valence electrons. The van der Waals surface area contributed by atoms with Crippen molar-refractivity contribution in [2.75, 3.05) is 5.32 Å². The van der Waals surface area contributed by atoms with Crippen LogP contribution in [0.1, 0.15) is 29.1 Å². The summed E-state index contributed by atoms with van der Waals surface area (Å²) in [5, 5.41) is 3.55. The molecule has 0 atom stereocenters. The standard InChI is InChI=1S/C19H19N3O2S/c1-12-20-18-17(14-9-5-6-10-15(14)25-18)19(24)22(12)11-16(23)21-13-7-3-2-4-8-13/h2-4,7-8H,5-6,9-11H2,1H3,(H,21,23). The monoisotopic (exact) mass is 353 g/mol. The minimum absolute atomic E-state index is 0.0207. The second-order valence-corrected chi connectivity index (χ2v) is 7.44. The van der Waals surface area contributed by atoms with Crippen LogP contribution in [0.2, 0.25) is 0 Å². The van der Waals surface area contributed by atoms with E-state index in [0.29, 0.717) is 5.82 Å². The first-order valence-electron chi connectivity index (χ1n) is 8.50. The van der Waals surface area contributed by atoms with Gasteiger partial charge in [-0.25, -0.2) is 4.98 Å². The second-order valence-electron chi connectivity index (χ2n) is 6.36. The number of hydrogen-bond donors (Lipinski definition) is 1. The molecule has 0 spiro atoms. The highest BCUT2D eigenvalue weighted by Crippen LogP contribution is 2.33. The fourth-order valence-electron chi connectivity index (χ4n) is 3.39. The topological polar surface area (TPSA) is 64.0 Å².